The van der Waals surface area contributed by atoms with Crippen LogP contribution in [0.25, 0.3) is 0 Å². The summed E-state index contributed by atoms with van der Waals surface area (Å²) >= 11 is 0. The molecule has 8 nitrogen and oxygen atoms in total. The molecule has 3 rings (SSSR count). The molecule has 1 aromatic rings. The van der Waals surface area contributed by atoms with E-state index in [0.717, 1.165) is 6.42 Å². The molecule has 3 N–H and O–H groups in total. The van der Waals surface area contributed by atoms with Gasteiger partial charge in [0.1, 0.15) is 0 Å². The number of carboxylic acids is 1. The molecule has 2 aliphatic heterocycles. The molecule has 0 spiro atoms. The summed E-state index contributed by atoms with van der Waals surface area (Å²) in [5.74, 6) is -0.878. The summed E-state index contributed by atoms with van der Waals surface area (Å²) < 4.78 is 38.2. The van der Waals surface area contributed by atoms with Crippen molar-refractivity contribution in [3.8, 4) is 11.5 Å². The fraction of sp³-hybridized carbons (Fsp3) is 0.562. The molecule has 138 valence electrons. The van der Waals surface area contributed by atoms with E-state index < -0.39 is 21.9 Å². The first-order chi connectivity index (χ1) is 11.9. The topological polar surface area (TPSA) is 119 Å². The highest BCUT2D eigenvalue weighted by Gasteiger charge is 2.34. The van der Waals surface area contributed by atoms with Gasteiger partial charge in [-0.1, -0.05) is 0 Å². The van der Waals surface area contributed by atoms with Gasteiger partial charge < -0.3 is 20.3 Å². The minimum atomic E-state index is -3.88. The average Bonchev–Trinajstić information content (AvgIpc) is 2.92. The molecule has 9 heteroatoms. The van der Waals surface area contributed by atoms with Gasteiger partial charge in [0, 0.05) is 31.6 Å². The van der Waals surface area contributed by atoms with Crippen molar-refractivity contribution in [1.82, 2.24) is 4.31 Å². The molecule has 1 fully saturated rings. The summed E-state index contributed by atoms with van der Waals surface area (Å²) in [5, 5.41) is 9.29. The monoisotopic (exact) mass is 370 g/mol. The van der Waals surface area contributed by atoms with Crippen molar-refractivity contribution in [2.24, 2.45) is 11.7 Å². The van der Waals surface area contributed by atoms with Crippen LogP contribution in [0.15, 0.2) is 23.1 Å². The van der Waals surface area contributed by atoms with Gasteiger partial charge >= 0.3 is 5.97 Å². The van der Waals surface area contributed by atoms with Crippen LogP contribution >= 0.6 is 0 Å². The van der Waals surface area contributed by atoms with Crippen molar-refractivity contribution < 1.29 is 27.8 Å². The van der Waals surface area contributed by atoms with E-state index in [-0.39, 0.29) is 24.0 Å². The quantitative estimate of drug-likeness (QED) is 0.802. The fourth-order valence-corrected chi connectivity index (χ4v) is 4.59. The van der Waals surface area contributed by atoms with Gasteiger partial charge in [0.05, 0.1) is 24.0 Å². The molecular weight excluding hydrogens is 348 g/mol. The number of ether oxygens (including phenoxy) is 2. The molecule has 2 aliphatic rings. The number of fused-ring (bicyclic) bond motifs is 1. The first-order valence-corrected chi connectivity index (χ1v) is 9.70. The Hall–Kier alpha value is -1.84. The minimum Gasteiger partial charge on any atom is -0.490 e. The summed E-state index contributed by atoms with van der Waals surface area (Å²) in [6.07, 6.45) is 1.56. The van der Waals surface area contributed by atoms with Gasteiger partial charge in [-0.05, 0) is 25.0 Å². The van der Waals surface area contributed by atoms with Crippen LogP contribution in [0.3, 0.4) is 0 Å². The van der Waals surface area contributed by atoms with Gasteiger partial charge in [0.15, 0.2) is 11.5 Å². The van der Waals surface area contributed by atoms with E-state index in [1.807, 2.05) is 0 Å². The van der Waals surface area contributed by atoms with Gasteiger partial charge in [0.25, 0.3) is 0 Å². The number of hydrogen-bond donors (Lipinski definition) is 2. The summed E-state index contributed by atoms with van der Waals surface area (Å²) in [5.41, 5.74) is 5.95. The van der Waals surface area contributed by atoms with Crippen molar-refractivity contribution in [2.45, 2.75) is 30.2 Å². The SMILES string of the molecule is N[C@@H]1CC[C@H](C(=O)O)CN(S(=O)(=O)c2ccc3c(c2)OCCCO3)C1. The molecule has 0 bridgehead atoms. The van der Waals surface area contributed by atoms with Gasteiger partial charge in [-0.2, -0.15) is 4.31 Å². The van der Waals surface area contributed by atoms with Crippen LogP contribution in [0.1, 0.15) is 19.3 Å². The lowest BCUT2D eigenvalue weighted by Gasteiger charge is -2.24. The van der Waals surface area contributed by atoms with Gasteiger partial charge in [-0.25, -0.2) is 8.42 Å². The van der Waals surface area contributed by atoms with Crippen molar-refractivity contribution in [1.29, 1.82) is 0 Å². The fourth-order valence-electron chi connectivity index (χ4n) is 3.03. The maximum absolute atomic E-state index is 13.0. The molecule has 0 saturated carbocycles. The minimum absolute atomic E-state index is 0.0509. The largest absolute Gasteiger partial charge is 0.490 e. The summed E-state index contributed by atoms with van der Waals surface area (Å²) in [6.45, 7) is 0.979. The van der Waals surface area contributed by atoms with Crippen molar-refractivity contribution >= 4 is 16.0 Å². The zero-order chi connectivity index (χ0) is 18.0. The molecule has 0 aliphatic carbocycles. The Morgan fingerprint density at radius 1 is 1.16 bits per heavy atom. The zero-order valence-corrected chi connectivity index (χ0v) is 14.6. The molecule has 2 heterocycles. The predicted molar refractivity (Wildman–Crippen MR) is 89.1 cm³/mol. The third-order valence-electron chi connectivity index (χ3n) is 4.45. The van der Waals surface area contributed by atoms with Gasteiger partial charge in [-0.15, -0.1) is 0 Å². The van der Waals surface area contributed by atoms with Crippen molar-refractivity contribution in [3.63, 3.8) is 0 Å². The summed E-state index contributed by atoms with van der Waals surface area (Å²) in [6, 6.07) is 4.07. The molecule has 2 atom stereocenters. The van der Waals surface area contributed by atoms with Crippen LogP contribution in [0.2, 0.25) is 0 Å². The molecule has 25 heavy (non-hydrogen) atoms. The van der Waals surface area contributed by atoms with Crippen LogP contribution in [-0.2, 0) is 14.8 Å². The van der Waals surface area contributed by atoms with Crippen molar-refractivity contribution in [2.75, 3.05) is 26.3 Å². The number of carbonyl (C=O) groups is 1. The number of carboxylic acid groups (broad SMARTS) is 1. The Morgan fingerprint density at radius 2 is 1.88 bits per heavy atom. The maximum atomic E-state index is 13.0. The van der Waals surface area contributed by atoms with Crippen LogP contribution in [0.5, 0.6) is 11.5 Å². The van der Waals surface area contributed by atoms with E-state index in [4.69, 9.17) is 15.2 Å². The number of aliphatic carboxylic acids is 1. The molecule has 1 saturated heterocycles. The normalized spacial score (nSPS) is 25.0. The molecule has 1 aromatic carbocycles. The lowest BCUT2D eigenvalue weighted by atomic mass is 10.0. The van der Waals surface area contributed by atoms with Gasteiger partial charge in [0.2, 0.25) is 10.0 Å². The number of rotatable bonds is 3. The number of benzene rings is 1. The number of sulfonamides is 1. The smallest absolute Gasteiger partial charge is 0.307 e. The lowest BCUT2D eigenvalue weighted by molar-refractivity contribution is -0.142. The first-order valence-electron chi connectivity index (χ1n) is 8.26. The van der Waals surface area contributed by atoms with E-state index in [1.54, 1.807) is 6.07 Å². The third-order valence-corrected chi connectivity index (χ3v) is 6.28. The van der Waals surface area contributed by atoms with Gasteiger partial charge in [-0.3, -0.25) is 4.79 Å². The summed E-state index contributed by atoms with van der Waals surface area (Å²) in [4.78, 5) is 11.4. The molecule has 0 amide bonds. The third kappa shape index (κ3) is 3.88. The Kier molecular flexibility index (Phi) is 5.16. The standard InChI is InChI=1S/C16H22N2O6S/c17-12-3-2-11(16(19)20)9-18(10-12)25(21,22)13-4-5-14-15(8-13)24-7-1-6-23-14/h4-5,8,11-12H,1-3,6-7,9-10,17H2,(H,19,20)/t11-,12+/m0/s1. The Bertz CT molecular complexity index is 751. The molecule has 0 unspecified atom stereocenters. The van der Waals surface area contributed by atoms with Crippen LogP contribution in [0, 0.1) is 5.92 Å². The highest BCUT2D eigenvalue weighted by Crippen LogP contribution is 2.33. The zero-order valence-electron chi connectivity index (χ0n) is 13.8. The van der Waals surface area contributed by atoms with Crippen molar-refractivity contribution in [3.05, 3.63) is 18.2 Å². The average molecular weight is 370 g/mol. The second kappa shape index (κ2) is 7.19. The van der Waals surface area contributed by atoms with Crippen LogP contribution in [0.4, 0.5) is 0 Å². The second-order valence-corrected chi connectivity index (χ2v) is 8.29. The second-order valence-electron chi connectivity index (χ2n) is 6.35. The van der Waals surface area contributed by atoms with E-state index in [0.29, 0.717) is 37.6 Å². The predicted octanol–water partition coefficient (Wildman–Crippen LogP) is 0.660. The first kappa shape index (κ1) is 18.0. The van der Waals surface area contributed by atoms with Crippen LogP contribution < -0.4 is 15.2 Å². The lowest BCUT2D eigenvalue weighted by Crippen LogP contribution is -2.41. The number of nitrogens with zero attached hydrogens (tertiary/aromatic N) is 1. The van der Waals surface area contributed by atoms with E-state index >= 15 is 0 Å². The number of hydrogen-bond acceptors (Lipinski definition) is 6. The molecular formula is C16H22N2O6S. The van der Waals surface area contributed by atoms with E-state index in [2.05, 4.69) is 0 Å². The summed E-state index contributed by atoms with van der Waals surface area (Å²) in [7, 11) is -3.88. The molecule has 0 aromatic heterocycles. The van der Waals surface area contributed by atoms with E-state index in [1.165, 1.54) is 16.4 Å². The Labute approximate surface area is 146 Å². The van der Waals surface area contributed by atoms with E-state index in [9.17, 15) is 18.3 Å². The maximum Gasteiger partial charge on any atom is 0.307 e. The number of nitrogens with two attached hydrogens (primary N) is 1. The Morgan fingerprint density at radius 3 is 2.60 bits per heavy atom. The Balaban J connectivity index is 1.91. The van der Waals surface area contributed by atoms with Crippen LogP contribution in [-0.4, -0.2) is 56.1 Å². The highest BCUT2D eigenvalue weighted by molar-refractivity contribution is 7.89. The highest BCUT2D eigenvalue weighted by atomic mass is 32.2. The molecule has 0 radical (unpaired) electrons.